The second-order valence-corrected chi connectivity index (χ2v) is 11.3. The van der Waals surface area contributed by atoms with Crippen molar-refractivity contribution in [1.29, 1.82) is 0 Å². The summed E-state index contributed by atoms with van der Waals surface area (Å²) in [4.78, 5) is 47.0. The largest absolute Gasteiger partial charge is 0.383 e. The molecule has 3 N–H and O–H groups in total. The maximum absolute atomic E-state index is 13.3. The molecule has 0 saturated carbocycles. The fourth-order valence-electron chi connectivity index (χ4n) is 5.57. The highest BCUT2D eigenvalue weighted by molar-refractivity contribution is 6.33. The lowest BCUT2D eigenvalue weighted by atomic mass is 10.0. The van der Waals surface area contributed by atoms with Crippen molar-refractivity contribution in [1.82, 2.24) is 20.1 Å². The summed E-state index contributed by atoms with van der Waals surface area (Å²) in [7, 11) is 0. The van der Waals surface area contributed by atoms with Crippen molar-refractivity contribution >= 4 is 35.1 Å². The predicted molar refractivity (Wildman–Crippen MR) is 169 cm³/mol. The molecule has 3 amide bonds. The average Bonchev–Trinajstić information content (AvgIpc) is 3.53. The van der Waals surface area contributed by atoms with E-state index in [9.17, 15) is 14.4 Å². The number of nitrogens with zero attached hydrogens (tertiary/aromatic N) is 3. The molecule has 0 unspecified atom stereocenters. The van der Waals surface area contributed by atoms with Gasteiger partial charge in [-0.25, -0.2) is 4.98 Å². The molecular weight excluding hydrogens is 578 g/mol. The fraction of sp³-hybridized carbons (Fsp3) is 0.235. The van der Waals surface area contributed by atoms with E-state index in [1.54, 1.807) is 46.3 Å². The Morgan fingerprint density at radius 3 is 2.14 bits per heavy atom. The summed E-state index contributed by atoms with van der Waals surface area (Å²) in [6, 6.07) is 23.7. The number of pyridine rings is 1. The number of anilines is 1. The van der Waals surface area contributed by atoms with Crippen molar-refractivity contribution in [3.63, 3.8) is 0 Å². The Morgan fingerprint density at radius 1 is 0.818 bits per heavy atom. The number of benzene rings is 3. The van der Waals surface area contributed by atoms with Crippen molar-refractivity contribution < 1.29 is 19.1 Å². The van der Waals surface area contributed by atoms with Gasteiger partial charge in [-0.3, -0.25) is 14.4 Å². The van der Waals surface area contributed by atoms with E-state index in [2.05, 4.69) is 10.3 Å². The van der Waals surface area contributed by atoms with Crippen LogP contribution in [0.2, 0.25) is 5.02 Å². The summed E-state index contributed by atoms with van der Waals surface area (Å²) in [6.07, 6.45) is 2.23. The van der Waals surface area contributed by atoms with Crippen LogP contribution in [0, 0.1) is 0 Å². The van der Waals surface area contributed by atoms with Gasteiger partial charge in [-0.1, -0.05) is 54.1 Å². The van der Waals surface area contributed by atoms with Gasteiger partial charge < -0.3 is 25.6 Å². The van der Waals surface area contributed by atoms with E-state index in [4.69, 9.17) is 22.1 Å². The SMILES string of the molecule is Nc1ncc(-c2ccc(C(=O)N3CCOCC3)cc2)cc1C(=O)N[C@@H]1CCN(C(=O)c2ccc(-c3ccccc3Cl)cc2)C1. The third-order valence-electron chi connectivity index (χ3n) is 8.05. The van der Waals surface area contributed by atoms with Gasteiger partial charge in [-0.15, -0.1) is 0 Å². The van der Waals surface area contributed by atoms with Gasteiger partial charge in [0, 0.05) is 65.7 Å². The van der Waals surface area contributed by atoms with Crippen LogP contribution in [0.3, 0.4) is 0 Å². The van der Waals surface area contributed by atoms with Gasteiger partial charge in [0.2, 0.25) is 0 Å². The summed E-state index contributed by atoms with van der Waals surface area (Å²) in [5.41, 5.74) is 10.9. The maximum atomic E-state index is 13.3. The smallest absolute Gasteiger partial charge is 0.255 e. The van der Waals surface area contributed by atoms with Crippen LogP contribution in [0.5, 0.6) is 0 Å². The molecule has 2 fully saturated rings. The topological polar surface area (TPSA) is 118 Å². The number of nitrogens with one attached hydrogen (secondary N) is 1. The fourth-order valence-corrected chi connectivity index (χ4v) is 5.81. The maximum Gasteiger partial charge on any atom is 0.255 e. The Morgan fingerprint density at radius 2 is 1.45 bits per heavy atom. The van der Waals surface area contributed by atoms with Crippen LogP contribution in [0.25, 0.3) is 22.3 Å². The van der Waals surface area contributed by atoms with Crippen molar-refractivity contribution in [3.05, 3.63) is 107 Å². The van der Waals surface area contributed by atoms with Gasteiger partial charge in [0.05, 0.1) is 18.8 Å². The second-order valence-electron chi connectivity index (χ2n) is 10.9. The molecule has 3 heterocycles. The van der Waals surface area contributed by atoms with Crippen LogP contribution < -0.4 is 11.1 Å². The van der Waals surface area contributed by atoms with Crippen LogP contribution in [0.4, 0.5) is 5.82 Å². The number of nitrogen functional groups attached to an aromatic ring is 1. The van der Waals surface area contributed by atoms with E-state index in [0.717, 1.165) is 16.7 Å². The van der Waals surface area contributed by atoms with Crippen LogP contribution in [-0.2, 0) is 4.74 Å². The van der Waals surface area contributed by atoms with Crippen LogP contribution in [0.1, 0.15) is 37.5 Å². The first-order valence-electron chi connectivity index (χ1n) is 14.6. The van der Waals surface area contributed by atoms with E-state index >= 15 is 0 Å². The van der Waals surface area contributed by atoms with E-state index in [0.29, 0.717) is 67.5 Å². The van der Waals surface area contributed by atoms with E-state index in [1.165, 1.54) is 0 Å². The zero-order chi connectivity index (χ0) is 30.6. The number of likely N-dealkylation sites (tertiary alicyclic amines) is 1. The lowest BCUT2D eigenvalue weighted by molar-refractivity contribution is 0.0303. The molecule has 0 bridgehead atoms. The minimum atomic E-state index is -0.348. The molecule has 0 spiro atoms. The number of ether oxygens (including phenoxy) is 1. The summed E-state index contributed by atoms with van der Waals surface area (Å²) in [5.74, 6) is -0.353. The molecule has 2 aliphatic rings. The van der Waals surface area contributed by atoms with Gasteiger partial charge in [0.25, 0.3) is 17.7 Å². The second kappa shape index (κ2) is 12.9. The summed E-state index contributed by atoms with van der Waals surface area (Å²) in [5, 5.41) is 3.67. The molecule has 0 radical (unpaired) electrons. The quantitative estimate of drug-likeness (QED) is 0.325. The number of hydrogen-bond donors (Lipinski definition) is 2. The van der Waals surface area contributed by atoms with Crippen molar-refractivity contribution in [3.8, 4) is 22.3 Å². The summed E-state index contributed by atoms with van der Waals surface area (Å²) in [6.45, 7) is 3.15. The van der Waals surface area contributed by atoms with Crippen LogP contribution in [-0.4, -0.2) is 77.9 Å². The standard InChI is InChI=1S/C34H32ClN5O4/c35-30-4-2-1-3-28(30)23-7-11-25(12-8-23)34(43)40-14-13-27(21-40)38-32(41)29-19-26(20-37-31(29)36)22-5-9-24(10-6-22)33(42)39-15-17-44-18-16-39/h1-12,19-20,27H,13-18,21H2,(H2,36,37)(H,38,41)/t27-/m1/s1. The third-order valence-corrected chi connectivity index (χ3v) is 8.38. The van der Waals surface area contributed by atoms with Gasteiger partial charge >= 0.3 is 0 Å². The highest BCUT2D eigenvalue weighted by atomic mass is 35.5. The van der Waals surface area contributed by atoms with Gasteiger partial charge in [-0.05, 0) is 53.9 Å². The number of carbonyl (C=O) groups excluding carboxylic acids is 3. The highest BCUT2D eigenvalue weighted by Gasteiger charge is 2.29. The predicted octanol–water partition coefficient (Wildman–Crippen LogP) is 4.77. The first-order chi connectivity index (χ1) is 21.4. The van der Waals surface area contributed by atoms with E-state index < -0.39 is 0 Å². The summed E-state index contributed by atoms with van der Waals surface area (Å²) < 4.78 is 5.33. The Bertz CT molecular complexity index is 1690. The molecule has 6 rings (SSSR count). The highest BCUT2D eigenvalue weighted by Crippen LogP contribution is 2.28. The molecule has 224 valence electrons. The molecule has 4 aromatic rings. The minimum absolute atomic E-state index is 0.0338. The normalized spacial score (nSPS) is 16.5. The first-order valence-corrected chi connectivity index (χ1v) is 14.9. The van der Waals surface area contributed by atoms with Gasteiger partial charge in [0.15, 0.2) is 0 Å². The average molecular weight is 610 g/mol. The molecule has 2 aliphatic heterocycles. The monoisotopic (exact) mass is 609 g/mol. The number of halogens is 1. The Balaban J connectivity index is 1.08. The molecule has 1 atom stereocenters. The van der Waals surface area contributed by atoms with Crippen LogP contribution in [0.15, 0.2) is 85.1 Å². The van der Waals surface area contributed by atoms with Gasteiger partial charge in [0.1, 0.15) is 5.82 Å². The number of hydrogen-bond acceptors (Lipinski definition) is 6. The molecule has 9 nitrogen and oxygen atoms in total. The lowest BCUT2D eigenvalue weighted by Crippen LogP contribution is -2.40. The molecule has 44 heavy (non-hydrogen) atoms. The molecular formula is C34H32ClN5O4. The van der Waals surface area contributed by atoms with Crippen molar-refractivity contribution in [2.75, 3.05) is 45.1 Å². The van der Waals surface area contributed by atoms with Gasteiger partial charge in [-0.2, -0.15) is 0 Å². The molecule has 10 heteroatoms. The van der Waals surface area contributed by atoms with Crippen LogP contribution >= 0.6 is 11.6 Å². The Hall–Kier alpha value is -4.73. The lowest BCUT2D eigenvalue weighted by Gasteiger charge is -2.26. The number of nitrogens with two attached hydrogens (primary N) is 1. The zero-order valence-corrected chi connectivity index (χ0v) is 24.8. The Labute approximate surface area is 260 Å². The first kappa shape index (κ1) is 29.3. The molecule has 2 saturated heterocycles. The molecule has 0 aliphatic carbocycles. The number of amides is 3. The zero-order valence-electron chi connectivity index (χ0n) is 24.0. The number of rotatable bonds is 6. The Kier molecular flexibility index (Phi) is 8.58. The number of morpholine rings is 1. The van der Waals surface area contributed by atoms with Crippen molar-refractivity contribution in [2.45, 2.75) is 12.5 Å². The summed E-state index contributed by atoms with van der Waals surface area (Å²) >= 11 is 6.32. The number of aromatic nitrogens is 1. The number of carbonyl (C=O) groups is 3. The minimum Gasteiger partial charge on any atom is -0.383 e. The van der Waals surface area contributed by atoms with E-state index in [1.807, 2.05) is 48.5 Å². The van der Waals surface area contributed by atoms with E-state index in [-0.39, 0.29) is 35.1 Å². The molecule has 3 aromatic carbocycles. The third kappa shape index (κ3) is 6.29. The molecule has 1 aromatic heterocycles. The van der Waals surface area contributed by atoms with Crippen molar-refractivity contribution in [2.24, 2.45) is 0 Å².